The summed E-state index contributed by atoms with van der Waals surface area (Å²) in [6.45, 7) is 0. The lowest BCUT2D eigenvalue weighted by molar-refractivity contribution is -0.138. The fourth-order valence-corrected chi connectivity index (χ4v) is 2.01. The maximum atomic E-state index is 11.8. The molecular weight excluding hydrogens is 260 g/mol. The van der Waals surface area contributed by atoms with E-state index in [9.17, 15) is 9.59 Å². The van der Waals surface area contributed by atoms with E-state index < -0.39 is 11.9 Å². The van der Waals surface area contributed by atoms with E-state index in [1.165, 1.54) is 0 Å². The van der Waals surface area contributed by atoms with Gasteiger partial charge in [0.25, 0.3) is 0 Å². The van der Waals surface area contributed by atoms with E-state index in [2.05, 4.69) is 15.9 Å². The molecule has 0 heterocycles. The summed E-state index contributed by atoms with van der Waals surface area (Å²) in [5, 5.41) is 8.71. The number of hydrogen-bond donors (Lipinski definition) is 1. The first kappa shape index (κ1) is 10.4. The molecular formula is C11H9BrO3. The van der Waals surface area contributed by atoms with E-state index in [-0.39, 0.29) is 11.7 Å². The van der Waals surface area contributed by atoms with Crippen molar-refractivity contribution in [3.05, 3.63) is 34.3 Å². The molecule has 1 saturated carbocycles. The number of ketones is 1. The predicted octanol–water partition coefficient (Wildman–Crippen LogP) is 2.35. The third-order valence-corrected chi connectivity index (χ3v) is 3.05. The highest BCUT2D eigenvalue weighted by Crippen LogP contribution is 2.41. The number of carboxylic acids is 1. The molecule has 15 heavy (non-hydrogen) atoms. The van der Waals surface area contributed by atoms with Gasteiger partial charge in [-0.3, -0.25) is 9.59 Å². The van der Waals surface area contributed by atoms with Gasteiger partial charge in [0.1, 0.15) is 0 Å². The Morgan fingerprint density at radius 3 is 2.60 bits per heavy atom. The normalized spacial score (nSPS) is 23.5. The van der Waals surface area contributed by atoms with Crippen LogP contribution in [0.15, 0.2) is 28.7 Å². The molecule has 1 fully saturated rings. The summed E-state index contributed by atoms with van der Waals surface area (Å²) in [6, 6.07) is 7.04. The van der Waals surface area contributed by atoms with Crippen LogP contribution in [0, 0.1) is 11.8 Å². The molecule has 1 aromatic rings. The lowest BCUT2D eigenvalue weighted by Crippen LogP contribution is -2.08. The minimum absolute atomic E-state index is 0.0660. The van der Waals surface area contributed by atoms with Crippen LogP contribution in [0.5, 0.6) is 0 Å². The van der Waals surface area contributed by atoms with Crippen molar-refractivity contribution in [3.8, 4) is 0 Å². The Labute approximate surface area is 95.2 Å². The van der Waals surface area contributed by atoms with Crippen molar-refractivity contribution in [2.75, 3.05) is 0 Å². The summed E-state index contributed by atoms with van der Waals surface area (Å²) < 4.78 is 0.834. The number of rotatable bonds is 3. The summed E-state index contributed by atoms with van der Waals surface area (Å²) in [5.41, 5.74) is 0.582. The molecule has 2 rings (SSSR count). The van der Waals surface area contributed by atoms with Crippen molar-refractivity contribution in [1.82, 2.24) is 0 Å². The van der Waals surface area contributed by atoms with Crippen molar-refractivity contribution in [3.63, 3.8) is 0 Å². The number of benzene rings is 1. The van der Waals surface area contributed by atoms with Gasteiger partial charge in [0, 0.05) is 16.0 Å². The van der Waals surface area contributed by atoms with Crippen molar-refractivity contribution < 1.29 is 14.7 Å². The molecule has 1 aromatic carbocycles. The van der Waals surface area contributed by atoms with E-state index in [0.717, 1.165) is 4.47 Å². The standard InChI is InChI=1S/C11H9BrO3/c12-7-3-1-2-6(4-7)10(13)8-5-9(8)11(14)15/h1-4,8-9H,5H2,(H,14,15). The van der Waals surface area contributed by atoms with Crippen LogP contribution < -0.4 is 0 Å². The topological polar surface area (TPSA) is 54.4 Å². The van der Waals surface area contributed by atoms with Crippen LogP contribution >= 0.6 is 15.9 Å². The number of carbonyl (C=O) groups is 2. The second-order valence-corrected chi connectivity index (χ2v) is 4.58. The fourth-order valence-electron chi connectivity index (χ4n) is 1.61. The van der Waals surface area contributed by atoms with Crippen molar-refractivity contribution in [2.45, 2.75) is 6.42 Å². The highest BCUT2D eigenvalue weighted by molar-refractivity contribution is 9.10. The largest absolute Gasteiger partial charge is 0.481 e. The van der Waals surface area contributed by atoms with E-state index in [1.54, 1.807) is 18.2 Å². The lowest BCUT2D eigenvalue weighted by Gasteiger charge is -1.99. The first-order chi connectivity index (χ1) is 7.09. The number of carboxylic acid groups (broad SMARTS) is 1. The van der Waals surface area contributed by atoms with Gasteiger partial charge in [-0.25, -0.2) is 0 Å². The Morgan fingerprint density at radius 2 is 2.07 bits per heavy atom. The molecule has 0 radical (unpaired) electrons. The minimum atomic E-state index is -0.872. The quantitative estimate of drug-likeness (QED) is 0.857. The molecule has 4 heteroatoms. The summed E-state index contributed by atoms with van der Waals surface area (Å²) in [4.78, 5) is 22.4. The van der Waals surface area contributed by atoms with Crippen molar-refractivity contribution in [2.24, 2.45) is 11.8 Å². The zero-order valence-corrected chi connectivity index (χ0v) is 9.40. The van der Waals surface area contributed by atoms with Crippen molar-refractivity contribution in [1.29, 1.82) is 0 Å². The Hall–Kier alpha value is -1.16. The average Bonchev–Trinajstić information content (AvgIpc) is 2.96. The number of carbonyl (C=O) groups excluding carboxylic acids is 1. The molecule has 0 spiro atoms. The Kier molecular flexibility index (Phi) is 2.61. The first-order valence-electron chi connectivity index (χ1n) is 4.62. The molecule has 1 aliphatic carbocycles. The van der Waals surface area contributed by atoms with Crippen LogP contribution in [-0.4, -0.2) is 16.9 Å². The molecule has 0 bridgehead atoms. The van der Waals surface area contributed by atoms with Gasteiger partial charge in [-0.15, -0.1) is 0 Å². The second-order valence-electron chi connectivity index (χ2n) is 3.66. The summed E-state index contributed by atoms with van der Waals surface area (Å²) in [6.07, 6.45) is 0.473. The van der Waals surface area contributed by atoms with E-state index in [4.69, 9.17) is 5.11 Å². The van der Waals surface area contributed by atoms with Gasteiger partial charge in [0.2, 0.25) is 0 Å². The van der Waals surface area contributed by atoms with Gasteiger partial charge in [0.15, 0.2) is 5.78 Å². The third kappa shape index (κ3) is 2.09. The Bertz CT molecular complexity index is 428. The molecule has 0 saturated heterocycles. The maximum absolute atomic E-state index is 11.8. The molecule has 3 nitrogen and oxygen atoms in total. The smallest absolute Gasteiger partial charge is 0.307 e. The lowest BCUT2D eigenvalue weighted by atomic mass is 10.1. The molecule has 0 amide bonds. The van der Waals surface area contributed by atoms with Crippen LogP contribution in [0.4, 0.5) is 0 Å². The molecule has 1 aliphatic rings. The summed E-state index contributed by atoms with van der Waals surface area (Å²) >= 11 is 3.28. The SMILES string of the molecule is O=C(O)C1CC1C(=O)c1cccc(Br)c1. The third-order valence-electron chi connectivity index (χ3n) is 2.55. The van der Waals surface area contributed by atoms with Crippen LogP contribution in [0.3, 0.4) is 0 Å². The number of hydrogen-bond acceptors (Lipinski definition) is 2. The summed E-state index contributed by atoms with van der Waals surface area (Å²) in [5.74, 6) is -1.74. The second kappa shape index (κ2) is 3.77. The molecule has 2 unspecified atom stereocenters. The van der Waals surface area contributed by atoms with Gasteiger partial charge in [-0.05, 0) is 18.6 Å². The molecule has 78 valence electrons. The number of halogens is 1. The van der Waals surface area contributed by atoms with Crippen LogP contribution in [0.25, 0.3) is 0 Å². The number of aliphatic carboxylic acids is 1. The van der Waals surface area contributed by atoms with Gasteiger partial charge < -0.3 is 5.11 Å². The van der Waals surface area contributed by atoms with Crippen molar-refractivity contribution >= 4 is 27.7 Å². The van der Waals surface area contributed by atoms with Crippen LogP contribution in [0.2, 0.25) is 0 Å². The highest BCUT2D eigenvalue weighted by Gasteiger charge is 2.48. The summed E-state index contributed by atoms with van der Waals surface area (Å²) in [7, 11) is 0. The van der Waals surface area contributed by atoms with E-state index in [0.29, 0.717) is 12.0 Å². The average molecular weight is 269 g/mol. The molecule has 1 N–H and O–H groups in total. The maximum Gasteiger partial charge on any atom is 0.307 e. The monoisotopic (exact) mass is 268 g/mol. The predicted molar refractivity (Wildman–Crippen MR) is 57.7 cm³/mol. The highest BCUT2D eigenvalue weighted by atomic mass is 79.9. The van der Waals surface area contributed by atoms with Gasteiger partial charge >= 0.3 is 5.97 Å². The minimum Gasteiger partial charge on any atom is -0.481 e. The Balaban J connectivity index is 2.13. The zero-order valence-electron chi connectivity index (χ0n) is 7.81. The van der Waals surface area contributed by atoms with Gasteiger partial charge in [-0.2, -0.15) is 0 Å². The van der Waals surface area contributed by atoms with Gasteiger partial charge in [0.05, 0.1) is 5.92 Å². The van der Waals surface area contributed by atoms with Gasteiger partial charge in [-0.1, -0.05) is 28.1 Å². The molecule has 0 aromatic heterocycles. The van der Waals surface area contributed by atoms with Crippen LogP contribution in [0.1, 0.15) is 16.8 Å². The fraction of sp³-hybridized carbons (Fsp3) is 0.273. The van der Waals surface area contributed by atoms with E-state index in [1.807, 2.05) is 6.07 Å². The molecule has 0 aliphatic heterocycles. The Morgan fingerprint density at radius 1 is 1.33 bits per heavy atom. The molecule has 2 atom stereocenters. The zero-order chi connectivity index (χ0) is 11.0. The van der Waals surface area contributed by atoms with E-state index >= 15 is 0 Å². The van der Waals surface area contributed by atoms with Crippen LogP contribution in [-0.2, 0) is 4.79 Å². The number of Topliss-reactive ketones (excluding diaryl/α,β-unsaturated/α-hetero) is 1. The first-order valence-corrected chi connectivity index (χ1v) is 5.41.